The van der Waals surface area contributed by atoms with Gasteiger partial charge in [0.15, 0.2) is 0 Å². The number of rotatable bonds is 9. The average Bonchev–Trinajstić information content (AvgIpc) is 3.75. The lowest BCUT2D eigenvalue weighted by molar-refractivity contribution is -0.0791. The predicted octanol–water partition coefficient (Wildman–Crippen LogP) is 3.42. The number of hydrogen-bond donors (Lipinski definition) is 1. The van der Waals surface area contributed by atoms with Crippen LogP contribution >= 0.6 is 0 Å². The number of aliphatic hydroxyl groups excluding tert-OH is 1. The highest BCUT2D eigenvalue weighted by Gasteiger charge is 2.53. The molecule has 34 heavy (non-hydrogen) atoms. The fourth-order valence-electron chi connectivity index (χ4n) is 5.60. The summed E-state index contributed by atoms with van der Waals surface area (Å²) < 4.78 is 24.7. The first-order valence-corrected chi connectivity index (χ1v) is 14.6. The number of aliphatic hydroxyl groups is 1. The monoisotopic (exact) mass is 482 g/mol. The molecule has 5 rings (SSSR count). The third-order valence-electron chi connectivity index (χ3n) is 7.59. The van der Waals surface area contributed by atoms with Crippen molar-refractivity contribution in [3.8, 4) is 0 Å². The fraction of sp³-hybridized carbons (Fsp3) is 0.571. The van der Waals surface area contributed by atoms with E-state index in [9.17, 15) is 5.11 Å². The summed E-state index contributed by atoms with van der Waals surface area (Å²) in [6, 6.07) is 21.5. The standard InChI is InChI=1S/C28H38O5Si/c1-28(2,3)34(20-11-6-4-7-12-20,21-13-8-5-9-14-21)31-19-27-26(33-27)18-25-24(32-25)17-23-22(29)15-10-16-30-23/h4-9,11-14,22-27,29H,10,15-19H2,1-3H3/t22-,23+,24+,25+,26+,27+/m0/s1. The first-order chi connectivity index (χ1) is 16.4. The highest BCUT2D eigenvalue weighted by Crippen LogP contribution is 2.41. The number of hydrogen-bond acceptors (Lipinski definition) is 5. The van der Waals surface area contributed by atoms with Gasteiger partial charge in [-0.15, -0.1) is 0 Å². The van der Waals surface area contributed by atoms with Gasteiger partial charge in [-0.2, -0.15) is 0 Å². The van der Waals surface area contributed by atoms with E-state index in [1.54, 1.807) is 0 Å². The summed E-state index contributed by atoms with van der Waals surface area (Å²) in [6.45, 7) is 8.24. The number of epoxide rings is 2. The molecular formula is C28H38O5Si. The molecule has 3 saturated heterocycles. The largest absolute Gasteiger partial charge is 0.405 e. The Hall–Kier alpha value is -1.54. The van der Waals surface area contributed by atoms with Crippen molar-refractivity contribution in [3.05, 3.63) is 60.7 Å². The highest BCUT2D eigenvalue weighted by atomic mass is 28.4. The lowest BCUT2D eigenvalue weighted by atomic mass is 9.99. The Bertz CT molecular complexity index is 891. The van der Waals surface area contributed by atoms with Gasteiger partial charge in [-0.1, -0.05) is 81.4 Å². The summed E-state index contributed by atoms with van der Waals surface area (Å²) in [5.41, 5.74) is 0. The van der Waals surface area contributed by atoms with Crippen molar-refractivity contribution in [1.82, 2.24) is 0 Å². The molecule has 3 aliphatic rings. The van der Waals surface area contributed by atoms with Gasteiger partial charge in [0.2, 0.25) is 0 Å². The van der Waals surface area contributed by atoms with Gasteiger partial charge >= 0.3 is 0 Å². The molecule has 0 radical (unpaired) electrons. The molecule has 0 bridgehead atoms. The Labute approximate surface area is 204 Å². The van der Waals surface area contributed by atoms with Crippen LogP contribution in [-0.4, -0.2) is 63.3 Å². The molecule has 5 nitrogen and oxygen atoms in total. The Morgan fingerprint density at radius 2 is 1.35 bits per heavy atom. The smallest absolute Gasteiger partial charge is 0.261 e. The molecule has 0 aromatic heterocycles. The average molecular weight is 483 g/mol. The highest BCUT2D eigenvalue weighted by molar-refractivity contribution is 6.99. The van der Waals surface area contributed by atoms with Crippen LogP contribution < -0.4 is 10.4 Å². The normalized spacial score (nSPS) is 31.3. The summed E-state index contributed by atoms with van der Waals surface area (Å²) in [6.07, 6.45) is 3.69. The van der Waals surface area contributed by atoms with E-state index < -0.39 is 8.32 Å². The van der Waals surface area contributed by atoms with Crippen LogP contribution in [0.25, 0.3) is 0 Å². The van der Waals surface area contributed by atoms with Crippen molar-refractivity contribution < 1.29 is 23.7 Å². The summed E-state index contributed by atoms with van der Waals surface area (Å²) in [5.74, 6) is 0. The van der Waals surface area contributed by atoms with Crippen molar-refractivity contribution in [2.75, 3.05) is 13.2 Å². The van der Waals surface area contributed by atoms with Gasteiger partial charge in [0.25, 0.3) is 8.32 Å². The topological polar surface area (TPSA) is 63.8 Å². The zero-order valence-electron chi connectivity index (χ0n) is 20.6. The molecule has 2 aromatic rings. The van der Waals surface area contributed by atoms with Crippen LogP contribution in [0.15, 0.2) is 60.7 Å². The molecule has 0 amide bonds. The van der Waals surface area contributed by atoms with Gasteiger partial charge in [-0.05, 0) is 28.3 Å². The van der Waals surface area contributed by atoms with Crippen LogP contribution in [0.2, 0.25) is 5.04 Å². The van der Waals surface area contributed by atoms with Crippen LogP contribution in [0.3, 0.4) is 0 Å². The SMILES string of the molecule is CC(C)(C)[Si](OC[C@H]1O[C@@H]1C[C@H]1O[C@@H]1C[C@H]1OCCC[C@@H]1O)(c1ccccc1)c1ccccc1. The minimum atomic E-state index is -2.53. The first kappa shape index (κ1) is 24.2. The Kier molecular flexibility index (Phi) is 6.99. The molecule has 0 aliphatic carbocycles. The van der Waals surface area contributed by atoms with Gasteiger partial charge < -0.3 is 23.7 Å². The van der Waals surface area contributed by atoms with E-state index in [2.05, 4.69) is 81.4 Å². The molecule has 3 aliphatic heterocycles. The predicted molar refractivity (Wildman–Crippen MR) is 135 cm³/mol. The third kappa shape index (κ3) is 5.03. The zero-order valence-corrected chi connectivity index (χ0v) is 21.6. The van der Waals surface area contributed by atoms with E-state index in [-0.39, 0.29) is 41.7 Å². The fourth-order valence-corrected chi connectivity index (χ4v) is 10.2. The molecule has 0 saturated carbocycles. The van der Waals surface area contributed by atoms with Crippen molar-refractivity contribution in [2.24, 2.45) is 0 Å². The van der Waals surface area contributed by atoms with E-state index in [1.165, 1.54) is 10.4 Å². The van der Waals surface area contributed by atoms with Crippen molar-refractivity contribution in [1.29, 1.82) is 0 Å². The number of benzene rings is 2. The molecule has 0 spiro atoms. The molecule has 2 aromatic carbocycles. The van der Waals surface area contributed by atoms with Crippen LogP contribution in [-0.2, 0) is 18.6 Å². The van der Waals surface area contributed by atoms with E-state index in [1.807, 2.05) is 0 Å². The van der Waals surface area contributed by atoms with Gasteiger partial charge in [0, 0.05) is 19.4 Å². The molecule has 1 N–H and O–H groups in total. The lowest BCUT2D eigenvalue weighted by Gasteiger charge is -2.43. The van der Waals surface area contributed by atoms with Crippen molar-refractivity contribution >= 4 is 18.7 Å². The maximum atomic E-state index is 10.2. The second-order valence-corrected chi connectivity index (χ2v) is 15.3. The molecule has 3 heterocycles. The maximum absolute atomic E-state index is 10.2. The summed E-state index contributed by atoms with van der Waals surface area (Å²) in [7, 11) is -2.53. The quantitative estimate of drug-likeness (QED) is 0.438. The Morgan fingerprint density at radius 3 is 1.91 bits per heavy atom. The minimum Gasteiger partial charge on any atom is -0.405 e. The summed E-state index contributed by atoms with van der Waals surface area (Å²) >= 11 is 0. The van der Waals surface area contributed by atoms with E-state index in [0.717, 1.165) is 32.3 Å². The lowest BCUT2D eigenvalue weighted by Crippen LogP contribution is -2.66. The summed E-state index contributed by atoms with van der Waals surface area (Å²) in [4.78, 5) is 0. The van der Waals surface area contributed by atoms with Gasteiger partial charge in [0.1, 0.15) is 6.10 Å². The molecular weight excluding hydrogens is 444 g/mol. The van der Waals surface area contributed by atoms with Gasteiger partial charge in [-0.25, -0.2) is 0 Å². The number of ether oxygens (including phenoxy) is 3. The van der Waals surface area contributed by atoms with Crippen molar-refractivity contribution in [3.63, 3.8) is 0 Å². The Morgan fingerprint density at radius 1 is 0.824 bits per heavy atom. The molecule has 0 unspecified atom stereocenters. The van der Waals surface area contributed by atoms with E-state index >= 15 is 0 Å². The minimum absolute atomic E-state index is 0.0361. The van der Waals surface area contributed by atoms with Crippen molar-refractivity contribution in [2.45, 2.75) is 88.1 Å². The second kappa shape index (κ2) is 9.84. The van der Waals surface area contributed by atoms with Crippen LogP contribution in [0.5, 0.6) is 0 Å². The maximum Gasteiger partial charge on any atom is 0.261 e. The van der Waals surface area contributed by atoms with Crippen LogP contribution in [0, 0.1) is 0 Å². The summed E-state index contributed by atoms with van der Waals surface area (Å²) in [5, 5.41) is 12.7. The van der Waals surface area contributed by atoms with E-state index in [0.29, 0.717) is 6.61 Å². The molecule has 6 heteroatoms. The molecule has 3 fully saturated rings. The third-order valence-corrected chi connectivity index (χ3v) is 12.6. The second-order valence-electron chi connectivity index (χ2n) is 11.0. The van der Waals surface area contributed by atoms with Gasteiger partial charge in [0.05, 0.1) is 37.1 Å². The molecule has 184 valence electrons. The molecule has 6 atom stereocenters. The zero-order chi connectivity index (χ0) is 23.8. The van der Waals surface area contributed by atoms with Gasteiger partial charge in [-0.3, -0.25) is 0 Å². The first-order valence-electron chi connectivity index (χ1n) is 12.7. The Balaban J connectivity index is 1.22. The van der Waals surface area contributed by atoms with Crippen LogP contribution in [0.4, 0.5) is 0 Å². The van der Waals surface area contributed by atoms with E-state index in [4.69, 9.17) is 18.6 Å². The van der Waals surface area contributed by atoms with Crippen LogP contribution in [0.1, 0.15) is 46.5 Å².